The quantitative estimate of drug-likeness (QED) is 0.828. The molecular weight excluding hydrogens is 281 g/mol. The van der Waals surface area contributed by atoms with E-state index in [9.17, 15) is 13.2 Å². The zero-order chi connectivity index (χ0) is 15.6. The first-order valence-corrected chi connectivity index (χ1v) is 6.20. The maximum atomic E-state index is 12.9. The molecule has 3 N–H and O–H groups in total. The molecule has 21 heavy (non-hydrogen) atoms. The van der Waals surface area contributed by atoms with Crippen LogP contribution in [0, 0.1) is 6.92 Å². The first-order chi connectivity index (χ1) is 9.82. The van der Waals surface area contributed by atoms with Gasteiger partial charge in [-0.05, 0) is 36.8 Å². The molecule has 0 aliphatic heterocycles. The minimum atomic E-state index is -4.39. The summed E-state index contributed by atoms with van der Waals surface area (Å²) in [6.45, 7) is 1.42. The van der Waals surface area contributed by atoms with Gasteiger partial charge in [0.1, 0.15) is 5.75 Å². The van der Waals surface area contributed by atoms with Crippen molar-refractivity contribution in [3.63, 3.8) is 0 Å². The molecule has 2 aromatic rings. The highest BCUT2D eigenvalue weighted by Gasteiger charge is 2.32. The van der Waals surface area contributed by atoms with Crippen LogP contribution in [0.25, 0.3) is 0 Å². The summed E-state index contributed by atoms with van der Waals surface area (Å²) >= 11 is 0. The molecule has 6 heteroatoms. The van der Waals surface area contributed by atoms with Crippen molar-refractivity contribution in [1.82, 2.24) is 0 Å². The number of anilines is 3. The van der Waals surface area contributed by atoms with Crippen molar-refractivity contribution in [3.05, 3.63) is 47.5 Å². The Morgan fingerprint density at radius 3 is 2.48 bits per heavy atom. The topological polar surface area (TPSA) is 47.3 Å². The number of nitrogens with one attached hydrogen (secondary N) is 1. The minimum Gasteiger partial charge on any atom is -0.495 e. The predicted molar refractivity (Wildman–Crippen MR) is 76.9 cm³/mol. The van der Waals surface area contributed by atoms with E-state index < -0.39 is 11.7 Å². The van der Waals surface area contributed by atoms with Crippen LogP contribution in [-0.2, 0) is 6.18 Å². The number of methoxy groups -OCH3 is 1. The van der Waals surface area contributed by atoms with Gasteiger partial charge >= 0.3 is 6.18 Å². The molecule has 0 radical (unpaired) electrons. The molecule has 0 atom stereocenters. The van der Waals surface area contributed by atoms with E-state index in [0.29, 0.717) is 22.8 Å². The maximum absolute atomic E-state index is 12.9. The van der Waals surface area contributed by atoms with E-state index in [1.807, 2.05) is 0 Å². The van der Waals surface area contributed by atoms with Crippen LogP contribution in [0.15, 0.2) is 36.4 Å². The van der Waals surface area contributed by atoms with Gasteiger partial charge in [-0.1, -0.05) is 12.1 Å². The monoisotopic (exact) mass is 296 g/mol. The van der Waals surface area contributed by atoms with Crippen LogP contribution in [0.5, 0.6) is 5.75 Å². The molecule has 0 bridgehead atoms. The van der Waals surface area contributed by atoms with Gasteiger partial charge in [0.15, 0.2) is 0 Å². The summed E-state index contributed by atoms with van der Waals surface area (Å²) in [6, 6.07) is 9.11. The van der Waals surface area contributed by atoms with Crippen molar-refractivity contribution in [3.8, 4) is 5.75 Å². The summed E-state index contributed by atoms with van der Waals surface area (Å²) < 4.78 is 43.8. The molecule has 0 saturated carbocycles. The van der Waals surface area contributed by atoms with Crippen LogP contribution in [-0.4, -0.2) is 7.11 Å². The Labute approximate surface area is 120 Å². The Bertz CT molecular complexity index is 654. The maximum Gasteiger partial charge on any atom is 0.416 e. The Morgan fingerprint density at radius 2 is 1.86 bits per heavy atom. The summed E-state index contributed by atoms with van der Waals surface area (Å²) in [5.74, 6) is 0.461. The molecular formula is C15H15F3N2O. The zero-order valence-corrected chi connectivity index (χ0v) is 11.6. The molecule has 0 heterocycles. The van der Waals surface area contributed by atoms with Gasteiger partial charge in [0, 0.05) is 5.69 Å². The second-order valence-corrected chi connectivity index (χ2v) is 4.57. The van der Waals surface area contributed by atoms with Crippen molar-refractivity contribution in [1.29, 1.82) is 0 Å². The van der Waals surface area contributed by atoms with Crippen LogP contribution in [0.4, 0.5) is 30.2 Å². The average molecular weight is 296 g/mol. The molecule has 3 nitrogen and oxygen atoms in total. The summed E-state index contributed by atoms with van der Waals surface area (Å²) in [6.07, 6.45) is -4.39. The number of hydrogen-bond acceptors (Lipinski definition) is 3. The number of nitrogen functional groups attached to an aromatic ring is 1. The van der Waals surface area contributed by atoms with E-state index >= 15 is 0 Å². The van der Waals surface area contributed by atoms with Crippen molar-refractivity contribution < 1.29 is 17.9 Å². The Kier molecular flexibility index (Phi) is 3.97. The molecule has 0 unspecified atom stereocenters. The zero-order valence-electron chi connectivity index (χ0n) is 11.6. The van der Waals surface area contributed by atoms with Crippen molar-refractivity contribution in [2.75, 3.05) is 18.2 Å². The van der Waals surface area contributed by atoms with Gasteiger partial charge in [-0.15, -0.1) is 0 Å². The van der Waals surface area contributed by atoms with Crippen LogP contribution in [0.2, 0.25) is 0 Å². The van der Waals surface area contributed by atoms with Gasteiger partial charge in [0.2, 0.25) is 0 Å². The average Bonchev–Trinajstić information content (AvgIpc) is 2.42. The number of rotatable bonds is 3. The number of para-hydroxylation sites is 1. The van der Waals surface area contributed by atoms with E-state index in [-0.39, 0.29) is 5.56 Å². The Hall–Kier alpha value is -2.37. The molecule has 0 saturated heterocycles. The third kappa shape index (κ3) is 3.21. The molecule has 0 aromatic heterocycles. The fourth-order valence-corrected chi connectivity index (χ4v) is 1.99. The number of halogens is 3. The molecule has 0 amide bonds. The number of alkyl halides is 3. The lowest BCUT2D eigenvalue weighted by molar-refractivity contribution is -0.138. The number of benzene rings is 2. The molecule has 0 spiro atoms. The molecule has 112 valence electrons. The molecule has 0 fully saturated rings. The smallest absolute Gasteiger partial charge is 0.416 e. The normalized spacial score (nSPS) is 11.3. The van der Waals surface area contributed by atoms with Crippen LogP contribution < -0.4 is 15.8 Å². The highest BCUT2D eigenvalue weighted by Crippen LogP contribution is 2.36. The minimum absolute atomic E-state index is 0.173. The molecule has 2 aromatic carbocycles. The lowest BCUT2D eigenvalue weighted by Crippen LogP contribution is -2.08. The van der Waals surface area contributed by atoms with Gasteiger partial charge in [-0.25, -0.2) is 0 Å². The SMILES string of the molecule is COc1cccc(Nc2ccc(C)c(C(F)(F)F)c2)c1N. The summed E-state index contributed by atoms with van der Waals surface area (Å²) in [5.41, 5.74) is 6.53. The number of ether oxygens (including phenoxy) is 1. The summed E-state index contributed by atoms with van der Waals surface area (Å²) in [7, 11) is 1.48. The number of aryl methyl sites for hydroxylation is 1. The van der Waals surface area contributed by atoms with E-state index in [4.69, 9.17) is 10.5 Å². The molecule has 0 aliphatic rings. The van der Waals surface area contributed by atoms with Crippen LogP contribution in [0.3, 0.4) is 0 Å². The second kappa shape index (κ2) is 5.55. The second-order valence-electron chi connectivity index (χ2n) is 4.57. The Balaban J connectivity index is 2.37. The van der Waals surface area contributed by atoms with E-state index in [1.54, 1.807) is 24.3 Å². The van der Waals surface area contributed by atoms with Gasteiger partial charge in [-0.3, -0.25) is 0 Å². The van der Waals surface area contributed by atoms with Crippen LogP contribution in [0.1, 0.15) is 11.1 Å². The van der Waals surface area contributed by atoms with Crippen molar-refractivity contribution >= 4 is 17.1 Å². The first-order valence-electron chi connectivity index (χ1n) is 6.20. The first kappa shape index (κ1) is 15.0. The van der Waals surface area contributed by atoms with E-state index in [2.05, 4.69) is 5.32 Å². The highest BCUT2D eigenvalue weighted by atomic mass is 19.4. The standard InChI is InChI=1S/C15H15F3N2O/c1-9-6-7-10(8-11(9)15(16,17)18)20-12-4-3-5-13(21-2)14(12)19/h3-8,20H,19H2,1-2H3. The lowest BCUT2D eigenvalue weighted by atomic mass is 10.1. The third-order valence-electron chi connectivity index (χ3n) is 3.11. The molecule has 0 aliphatic carbocycles. The highest BCUT2D eigenvalue weighted by molar-refractivity contribution is 5.77. The van der Waals surface area contributed by atoms with E-state index in [0.717, 1.165) is 6.07 Å². The molecule has 2 rings (SSSR count). The van der Waals surface area contributed by atoms with E-state index in [1.165, 1.54) is 20.1 Å². The predicted octanol–water partition coefficient (Wildman–Crippen LogP) is 4.35. The van der Waals surface area contributed by atoms with Gasteiger partial charge < -0.3 is 15.8 Å². The van der Waals surface area contributed by atoms with Crippen molar-refractivity contribution in [2.24, 2.45) is 0 Å². The van der Waals surface area contributed by atoms with Gasteiger partial charge in [0.25, 0.3) is 0 Å². The number of hydrogen-bond donors (Lipinski definition) is 2. The third-order valence-corrected chi connectivity index (χ3v) is 3.11. The lowest BCUT2D eigenvalue weighted by Gasteiger charge is -2.15. The van der Waals surface area contributed by atoms with Crippen molar-refractivity contribution in [2.45, 2.75) is 13.1 Å². The number of nitrogens with two attached hydrogens (primary N) is 1. The summed E-state index contributed by atoms with van der Waals surface area (Å²) in [4.78, 5) is 0. The van der Waals surface area contributed by atoms with Gasteiger partial charge in [0.05, 0.1) is 24.0 Å². The van der Waals surface area contributed by atoms with Crippen LogP contribution >= 0.6 is 0 Å². The fourth-order valence-electron chi connectivity index (χ4n) is 1.99. The van der Waals surface area contributed by atoms with Gasteiger partial charge in [-0.2, -0.15) is 13.2 Å². The largest absolute Gasteiger partial charge is 0.495 e. The summed E-state index contributed by atoms with van der Waals surface area (Å²) in [5, 5.41) is 2.88. The Morgan fingerprint density at radius 1 is 1.14 bits per heavy atom. The fraction of sp³-hybridized carbons (Fsp3) is 0.200.